The molecule has 1 aliphatic rings. The van der Waals surface area contributed by atoms with Crippen LogP contribution in [0, 0.1) is 0 Å². The Labute approximate surface area is 113 Å². The van der Waals surface area contributed by atoms with Crippen molar-refractivity contribution in [2.45, 2.75) is 38.5 Å². The van der Waals surface area contributed by atoms with E-state index < -0.39 is 0 Å². The van der Waals surface area contributed by atoms with Gasteiger partial charge in [-0.25, -0.2) is 9.97 Å². The van der Waals surface area contributed by atoms with Crippen LogP contribution in [-0.2, 0) is 12.8 Å². The van der Waals surface area contributed by atoms with Crippen molar-refractivity contribution in [3.8, 4) is 0 Å². The molecular weight excluding hydrogens is 234 g/mol. The Morgan fingerprint density at radius 1 is 1.11 bits per heavy atom. The summed E-state index contributed by atoms with van der Waals surface area (Å²) in [5, 5.41) is 0. The Morgan fingerprint density at radius 3 is 2.32 bits per heavy atom. The number of nitrogens with zero attached hydrogens (tertiary/aromatic N) is 2. The van der Waals surface area contributed by atoms with Crippen molar-refractivity contribution in [3.05, 3.63) is 53.0 Å². The Kier molecular flexibility index (Phi) is 2.97. The molecule has 0 unspecified atom stereocenters. The third kappa shape index (κ3) is 2.33. The average Bonchev–Trinajstić information content (AvgIpc) is 2.81. The van der Waals surface area contributed by atoms with Gasteiger partial charge < -0.3 is 5.73 Å². The number of aromatic nitrogens is 2. The number of fused-ring (bicyclic) bond motifs is 1. The largest absolute Gasteiger partial charge is 0.384 e. The fraction of sp³-hybridized carbons (Fsp3) is 0.375. The maximum absolute atomic E-state index is 5.92. The van der Waals surface area contributed by atoms with Gasteiger partial charge >= 0.3 is 0 Å². The smallest absolute Gasteiger partial charge is 0.134 e. The third-order valence-electron chi connectivity index (χ3n) is 3.79. The molecule has 98 valence electrons. The van der Waals surface area contributed by atoms with E-state index in [-0.39, 0.29) is 0 Å². The molecule has 2 N–H and O–H groups in total. The van der Waals surface area contributed by atoms with Gasteiger partial charge in [0.2, 0.25) is 0 Å². The zero-order chi connectivity index (χ0) is 13.4. The van der Waals surface area contributed by atoms with Crippen molar-refractivity contribution in [2.24, 2.45) is 0 Å². The minimum atomic E-state index is 0.374. The quantitative estimate of drug-likeness (QED) is 0.895. The molecule has 0 atom stereocenters. The van der Waals surface area contributed by atoms with Gasteiger partial charge in [-0.15, -0.1) is 0 Å². The van der Waals surface area contributed by atoms with Crippen LogP contribution in [-0.4, -0.2) is 9.97 Å². The molecule has 2 aromatic rings. The van der Waals surface area contributed by atoms with Crippen LogP contribution < -0.4 is 5.73 Å². The van der Waals surface area contributed by atoms with Gasteiger partial charge in [-0.05, 0) is 29.9 Å². The molecule has 0 radical (unpaired) electrons. The summed E-state index contributed by atoms with van der Waals surface area (Å²) in [6, 6.07) is 10.5. The lowest BCUT2D eigenvalue weighted by Crippen LogP contribution is -2.09. The number of nitrogen functional groups attached to an aromatic ring is 1. The SMILES string of the molecule is CC(C)c1cc(N)nc(C2Cc3ccccc3C2)n1. The van der Waals surface area contributed by atoms with E-state index >= 15 is 0 Å². The van der Waals surface area contributed by atoms with Crippen molar-refractivity contribution < 1.29 is 0 Å². The molecule has 3 rings (SSSR count). The van der Waals surface area contributed by atoms with Crippen LogP contribution in [0.3, 0.4) is 0 Å². The van der Waals surface area contributed by atoms with Gasteiger partial charge in [0.05, 0.1) is 0 Å². The lowest BCUT2D eigenvalue weighted by atomic mass is 10.0. The molecule has 0 bridgehead atoms. The van der Waals surface area contributed by atoms with Crippen LogP contribution in [0.25, 0.3) is 0 Å². The van der Waals surface area contributed by atoms with Crippen LogP contribution >= 0.6 is 0 Å². The molecule has 19 heavy (non-hydrogen) atoms. The van der Waals surface area contributed by atoms with E-state index in [0.717, 1.165) is 24.4 Å². The molecule has 3 heteroatoms. The fourth-order valence-corrected chi connectivity index (χ4v) is 2.73. The number of benzene rings is 1. The van der Waals surface area contributed by atoms with E-state index in [2.05, 4.69) is 43.1 Å². The molecule has 0 saturated heterocycles. The first-order valence-corrected chi connectivity index (χ1v) is 6.84. The number of nitrogens with two attached hydrogens (primary N) is 1. The Bertz CT molecular complexity index is 580. The molecule has 0 saturated carbocycles. The van der Waals surface area contributed by atoms with Crippen LogP contribution in [0.2, 0.25) is 0 Å². The molecule has 0 aliphatic heterocycles. The second-order valence-corrected chi connectivity index (χ2v) is 5.60. The normalized spacial score (nSPS) is 14.9. The second-order valence-electron chi connectivity index (χ2n) is 5.60. The number of hydrogen-bond donors (Lipinski definition) is 1. The van der Waals surface area contributed by atoms with Crippen LogP contribution in [0.4, 0.5) is 5.82 Å². The van der Waals surface area contributed by atoms with Crippen LogP contribution in [0.5, 0.6) is 0 Å². The highest BCUT2D eigenvalue weighted by Gasteiger charge is 2.25. The summed E-state index contributed by atoms with van der Waals surface area (Å²) >= 11 is 0. The molecule has 1 aromatic carbocycles. The van der Waals surface area contributed by atoms with Gasteiger partial charge in [-0.2, -0.15) is 0 Å². The Balaban J connectivity index is 1.93. The topological polar surface area (TPSA) is 51.8 Å². The van der Waals surface area contributed by atoms with Gasteiger partial charge in [0.15, 0.2) is 0 Å². The Morgan fingerprint density at radius 2 is 1.74 bits per heavy atom. The van der Waals surface area contributed by atoms with E-state index in [9.17, 15) is 0 Å². The summed E-state index contributed by atoms with van der Waals surface area (Å²) in [5.41, 5.74) is 9.80. The molecule has 1 aliphatic carbocycles. The zero-order valence-electron chi connectivity index (χ0n) is 11.4. The third-order valence-corrected chi connectivity index (χ3v) is 3.79. The maximum Gasteiger partial charge on any atom is 0.134 e. The summed E-state index contributed by atoms with van der Waals surface area (Å²) in [6.45, 7) is 4.27. The maximum atomic E-state index is 5.92. The molecular formula is C16H19N3. The lowest BCUT2D eigenvalue weighted by Gasteiger charge is -2.12. The first kappa shape index (κ1) is 12.2. The second kappa shape index (κ2) is 4.65. The highest BCUT2D eigenvalue weighted by Crippen LogP contribution is 2.32. The molecule has 0 fully saturated rings. The van der Waals surface area contributed by atoms with Gasteiger partial charge in [0.1, 0.15) is 11.6 Å². The first-order chi connectivity index (χ1) is 9.13. The van der Waals surface area contributed by atoms with Crippen LogP contribution in [0.15, 0.2) is 30.3 Å². The minimum absolute atomic E-state index is 0.374. The highest BCUT2D eigenvalue weighted by molar-refractivity contribution is 5.37. The first-order valence-electron chi connectivity index (χ1n) is 6.84. The van der Waals surface area contributed by atoms with Crippen molar-refractivity contribution in [1.82, 2.24) is 9.97 Å². The van der Waals surface area contributed by atoms with Crippen molar-refractivity contribution in [2.75, 3.05) is 5.73 Å². The molecule has 0 amide bonds. The number of anilines is 1. The van der Waals surface area contributed by atoms with E-state index in [1.165, 1.54) is 11.1 Å². The molecule has 0 spiro atoms. The fourth-order valence-electron chi connectivity index (χ4n) is 2.73. The zero-order valence-corrected chi connectivity index (χ0v) is 11.4. The van der Waals surface area contributed by atoms with Gasteiger partial charge in [0.25, 0.3) is 0 Å². The Hall–Kier alpha value is -1.90. The summed E-state index contributed by atoms with van der Waals surface area (Å²) < 4.78 is 0. The molecule has 1 heterocycles. The molecule has 3 nitrogen and oxygen atoms in total. The minimum Gasteiger partial charge on any atom is -0.384 e. The van der Waals surface area contributed by atoms with Crippen LogP contribution in [0.1, 0.15) is 48.3 Å². The van der Waals surface area contributed by atoms with E-state index in [0.29, 0.717) is 17.7 Å². The standard InChI is InChI=1S/C16H19N3/c1-10(2)14-9-15(17)19-16(18-14)13-7-11-5-3-4-6-12(11)8-13/h3-6,9-10,13H,7-8H2,1-2H3,(H2,17,18,19). The monoisotopic (exact) mass is 253 g/mol. The van der Waals surface area contributed by atoms with Gasteiger partial charge in [-0.3, -0.25) is 0 Å². The van der Waals surface area contributed by atoms with E-state index in [4.69, 9.17) is 10.7 Å². The number of hydrogen-bond acceptors (Lipinski definition) is 3. The summed E-state index contributed by atoms with van der Waals surface area (Å²) in [4.78, 5) is 9.15. The van der Waals surface area contributed by atoms with E-state index in [1.807, 2.05) is 6.07 Å². The number of rotatable bonds is 2. The lowest BCUT2D eigenvalue weighted by molar-refractivity contribution is 0.666. The average molecular weight is 253 g/mol. The summed E-state index contributed by atoms with van der Waals surface area (Å²) in [6.07, 6.45) is 2.05. The molecule has 1 aromatic heterocycles. The van der Waals surface area contributed by atoms with Crippen molar-refractivity contribution in [3.63, 3.8) is 0 Å². The predicted molar refractivity (Wildman–Crippen MR) is 77.1 cm³/mol. The highest BCUT2D eigenvalue weighted by atomic mass is 15.0. The van der Waals surface area contributed by atoms with Crippen molar-refractivity contribution in [1.29, 1.82) is 0 Å². The summed E-state index contributed by atoms with van der Waals surface area (Å²) in [5.74, 6) is 2.25. The van der Waals surface area contributed by atoms with Gasteiger partial charge in [0, 0.05) is 17.7 Å². The van der Waals surface area contributed by atoms with E-state index in [1.54, 1.807) is 0 Å². The van der Waals surface area contributed by atoms with Crippen molar-refractivity contribution >= 4 is 5.82 Å². The predicted octanol–water partition coefficient (Wildman–Crippen LogP) is 3.06. The van der Waals surface area contributed by atoms with Gasteiger partial charge in [-0.1, -0.05) is 38.1 Å². The summed E-state index contributed by atoms with van der Waals surface area (Å²) in [7, 11) is 0.